The first-order valence-electron chi connectivity index (χ1n) is 7.39. The van der Waals surface area contributed by atoms with Gasteiger partial charge in [0.05, 0.1) is 14.2 Å². The molecule has 6 heteroatoms. The Morgan fingerprint density at radius 2 is 1.82 bits per heavy atom. The second-order valence-corrected chi connectivity index (χ2v) is 5.36. The van der Waals surface area contributed by atoms with E-state index in [-0.39, 0.29) is 11.8 Å². The largest absolute Gasteiger partial charge is 0.493 e. The number of amides is 2. The Morgan fingerprint density at radius 3 is 2.36 bits per heavy atom. The molecular formula is C16H22N2O4. The van der Waals surface area contributed by atoms with Gasteiger partial charge in [-0.3, -0.25) is 9.59 Å². The van der Waals surface area contributed by atoms with Crippen LogP contribution in [0.2, 0.25) is 0 Å². The molecular weight excluding hydrogens is 284 g/mol. The molecule has 2 rings (SSSR count). The first-order valence-corrected chi connectivity index (χ1v) is 7.39. The van der Waals surface area contributed by atoms with Crippen LogP contribution in [0.3, 0.4) is 0 Å². The van der Waals surface area contributed by atoms with Crippen molar-refractivity contribution in [1.82, 2.24) is 5.32 Å². The maximum absolute atomic E-state index is 12.4. The summed E-state index contributed by atoms with van der Waals surface area (Å²) in [5.41, 5.74) is -0.334. The van der Waals surface area contributed by atoms with Crippen molar-refractivity contribution in [2.24, 2.45) is 5.41 Å². The van der Waals surface area contributed by atoms with Gasteiger partial charge in [-0.05, 0) is 31.4 Å². The Labute approximate surface area is 130 Å². The van der Waals surface area contributed by atoms with Crippen molar-refractivity contribution < 1.29 is 19.1 Å². The summed E-state index contributed by atoms with van der Waals surface area (Å²) < 4.78 is 10.4. The summed E-state index contributed by atoms with van der Waals surface area (Å²) >= 11 is 0. The van der Waals surface area contributed by atoms with E-state index in [0.717, 1.165) is 6.42 Å². The summed E-state index contributed by atoms with van der Waals surface area (Å²) in [5.74, 6) is 0.656. The molecule has 1 aromatic rings. The summed E-state index contributed by atoms with van der Waals surface area (Å²) in [6, 6.07) is 5.11. The molecule has 0 aliphatic heterocycles. The molecule has 0 aromatic heterocycles. The smallest absolute Gasteiger partial charge is 0.240 e. The van der Waals surface area contributed by atoms with E-state index < -0.39 is 5.41 Å². The van der Waals surface area contributed by atoms with Crippen molar-refractivity contribution >= 4 is 17.5 Å². The molecule has 1 aromatic carbocycles. The first kappa shape index (κ1) is 16.1. The molecule has 2 N–H and O–H groups in total. The Morgan fingerprint density at radius 1 is 1.14 bits per heavy atom. The standard InChI is InChI=1S/C16H22N2O4/c1-4-9-17-14(19)16(7-8-16)15(20)18-11-5-6-12(21-2)13(10-11)22-3/h5-6,10H,4,7-9H2,1-3H3,(H,17,19)(H,18,20). The normalized spacial score (nSPS) is 14.9. The van der Waals surface area contributed by atoms with Crippen molar-refractivity contribution in [2.45, 2.75) is 26.2 Å². The average molecular weight is 306 g/mol. The van der Waals surface area contributed by atoms with Crippen LogP contribution < -0.4 is 20.1 Å². The number of benzene rings is 1. The zero-order chi connectivity index (χ0) is 16.2. The summed E-state index contributed by atoms with van der Waals surface area (Å²) in [6.07, 6.45) is 2.02. The molecule has 0 atom stereocenters. The Kier molecular flexibility index (Phi) is 4.90. The quantitative estimate of drug-likeness (QED) is 0.755. The molecule has 0 radical (unpaired) electrons. The summed E-state index contributed by atoms with van der Waals surface area (Å²) in [6.45, 7) is 2.56. The third-order valence-corrected chi connectivity index (χ3v) is 3.80. The molecule has 22 heavy (non-hydrogen) atoms. The van der Waals surface area contributed by atoms with Crippen LogP contribution in [0.15, 0.2) is 18.2 Å². The van der Waals surface area contributed by atoms with Crippen molar-refractivity contribution in [3.8, 4) is 11.5 Å². The highest BCUT2D eigenvalue weighted by molar-refractivity contribution is 6.13. The zero-order valence-corrected chi connectivity index (χ0v) is 13.2. The fourth-order valence-electron chi connectivity index (χ4n) is 2.25. The molecule has 2 amide bonds. The second-order valence-electron chi connectivity index (χ2n) is 5.36. The van der Waals surface area contributed by atoms with Gasteiger partial charge in [-0.2, -0.15) is 0 Å². The van der Waals surface area contributed by atoms with Crippen LogP contribution >= 0.6 is 0 Å². The summed E-state index contributed by atoms with van der Waals surface area (Å²) in [4.78, 5) is 24.5. The summed E-state index contributed by atoms with van der Waals surface area (Å²) in [7, 11) is 3.08. The number of carbonyl (C=O) groups is 2. The number of methoxy groups -OCH3 is 2. The monoisotopic (exact) mass is 306 g/mol. The Bertz CT molecular complexity index is 567. The SMILES string of the molecule is CCCNC(=O)C1(C(=O)Nc2ccc(OC)c(OC)c2)CC1. The van der Waals surface area contributed by atoms with Crippen LogP contribution in [0.4, 0.5) is 5.69 Å². The lowest BCUT2D eigenvalue weighted by Gasteiger charge is -2.16. The molecule has 0 spiro atoms. The van der Waals surface area contributed by atoms with Gasteiger partial charge in [-0.15, -0.1) is 0 Å². The van der Waals surface area contributed by atoms with Crippen LogP contribution in [0, 0.1) is 5.41 Å². The van der Waals surface area contributed by atoms with Gasteiger partial charge < -0.3 is 20.1 Å². The van der Waals surface area contributed by atoms with Crippen LogP contribution in [-0.2, 0) is 9.59 Å². The minimum Gasteiger partial charge on any atom is -0.493 e. The number of ether oxygens (including phenoxy) is 2. The van der Waals surface area contributed by atoms with E-state index in [0.29, 0.717) is 36.6 Å². The highest BCUT2D eigenvalue weighted by atomic mass is 16.5. The Balaban J connectivity index is 2.07. The number of hydrogen-bond donors (Lipinski definition) is 2. The minimum atomic E-state index is -0.914. The lowest BCUT2D eigenvalue weighted by Crippen LogP contribution is -2.40. The van der Waals surface area contributed by atoms with Gasteiger partial charge in [0.15, 0.2) is 11.5 Å². The number of carbonyl (C=O) groups excluding carboxylic acids is 2. The number of anilines is 1. The molecule has 0 saturated heterocycles. The van der Waals surface area contributed by atoms with Crippen molar-refractivity contribution in [1.29, 1.82) is 0 Å². The molecule has 1 saturated carbocycles. The van der Waals surface area contributed by atoms with E-state index in [1.807, 2.05) is 6.92 Å². The van der Waals surface area contributed by atoms with Gasteiger partial charge in [0.25, 0.3) is 0 Å². The van der Waals surface area contributed by atoms with Gasteiger partial charge in [-0.1, -0.05) is 6.92 Å². The van der Waals surface area contributed by atoms with E-state index in [2.05, 4.69) is 10.6 Å². The predicted octanol–water partition coefficient (Wildman–Crippen LogP) is 1.95. The van der Waals surface area contributed by atoms with Crippen LogP contribution in [0.1, 0.15) is 26.2 Å². The van der Waals surface area contributed by atoms with Gasteiger partial charge >= 0.3 is 0 Å². The molecule has 1 aliphatic rings. The van der Waals surface area contributed by atoms with Gasteiger partial charge in [0.1, 0.15) is 5.41 Å². The number of rotatable bonds is 7. The van der Waals surface area contributed by atoms with E-state index >= 15 is 0 Å². The van der Waals surface area contributed by atoms with E-state index in [1.165, 1.54) is 7.11 Å². The first-order chi connectivity index (χ1) is 10.6. The van der Waals surface area contributed by atoms with Crippen molar-refractivity contribution in [2.75, 3.05) is 26.1 Å². The lowest BCUT2D eigenvalue weighted by molar-refractivity contribution is -0.134. The molecule has 0 unspecified atom stereocenters. The highest BCUT2D eigenvalue weighted by Crippen LogP contribution is 2.47. The maximum Gasteiger partial charge on any atom is 0.240 e. The zero-order valence-electron chi connectivity index (χ0n) is 13.2. The second kappa shape index (κ2) is 6.68. The minimum absolute atomic E-state index is 0.188. The molecule has 0 heterocycles. The third-order valence-electron chi connectivity index (χ3n) is 3.80. The Hall–Kier alpha value is -2.24. The van der Waals surface area contributed by atoms with E-state index in [9.17, 15) is 9.59 Å². The van der Waals surface area contributed by atoms with E-state index in [1.54, 1.807) is 25.3 Å². The van der Waals surface area contributed by atoms with Crippen LogP contribution in [0.5, 0.6) is 11.5 Å². The fourth-order valence-corrected chi connectivity index (χ4v) is 2.25. The van der Waals surface area contributed by atoms with E-state index in [4.69, 9.17) is 9.47 Å². The lowest BCUT2D eigenvalue weighted by atomic mass is 10.0. The predicted molar refractivity (Wildman–Crippen MR) is 83.1 cm³/mol. The number of hydrogen-bond acceptors (Lipinski definition) is 4. The highest BCUT2D eigenvalue weighted by Gasteiger charge is 2.56. The topological polar surface area (TPSA) is 76.7 Å². The fraction of sp³-hybridized carbons (Fsp3) is 0.500. The third kappa shape index (κ3) is 3.16. The van der Waals surface area contributed by atoms with Gasteiger partial charge in [0.2, 0.25) is 11.8 Å². The molecule has 1 aliphatic carbocycles. The molecule has 0 bridgehead atoms. The average Bonchev–Trinajstić information content (AvgIpc) is 3.34. The van der Waals surface area contributed by atoms with Gasteiger partial charge in [-0.25, -0.2) is 0 Å². The molecule has 6 nitrogen and oxygen atoms in total. The van der Waals surface area contributed by atoms with Crippen molar-refractivity contribution in [3.05, 3.63) is 18.2 Å². The molecule has 120 valence electrons. The van der Waals surface area contributed by atoms with Crippen molar-refractivity contribution in [3.63, 3.8) is 0 Å². The van der Waals surface area contributed by atoms with Crippen LogP contribution in [0.25, 0.3) is 0 Å². The number of nitrogens with one attached hydrogen (secondary N) is 2. The maximum atomic E-state index is 12.4. The van der Waals surface area contributed by atoms with Gasteiger partial charge in [0, 0.05) is 18.3 Å². The van der Waals surface area contributed by atoms with Crippen LogP contribution in [-0.4, -0.2) is 32.6 Å². The summed E-state index contributed by atoms with van der Waals surface area (Å²) in [5, 5.41) is 5.59. The molecule has 1 fully saturated rings.